The molecular weight excluding hydrogens is 382 g/mol. The summed E-state index contributed by atoms with van der Waals surface area (Å²) in [6.07, 6.45) is 2.15. The first-order chi connectivity index (χ1) is 14.6. The molecule has 30 heavy (non-hydrogen) atoms. The van der Waals surface area contributed by atoms with Crippen LogP contribution in [0.25, 0.3) is 0 Å². The topological polar surface area (TPSA) is 80.0 Å². The van der Waals surface area contributed by atoms with Crippen LogP contribution in [-0.4, -0.2) is 23.9 Å². The Hall–Kier alpha value is -3.80. The van der Waals surface area contributed by atoms with Crippen LogP contribution in [0.1, 0.15) is 23.8 Å². The number of rotatable bonds is 7. The number of anilines is 1. The molecule has 2 heterocycles. The molecule has 2 aromatic carbocycles. The van der Waals surface area contributed by atoms with E-state index in [9.17, 15) is 14.7 Å². The second-order valence-electron chi connectivity index (χ2n) is 6.97. The normalized spacial score (nSPS) is 16.2. The molecule has 0 radical (unpaired) electrons. The summed E-state index contributed by atoms with van der Waals surface area (Å²) in [5.74, 6) is -0.526. The van der Waals surface area contributed by atoms with E-state index in [2.05, 4.69) is 0 Å². The number of carbonyl (C=O) groups excluding carboxylic acids is 2. The number of methoxy groups -OCH3 is 1. The second kappa shape index (κ2) is 8.29. The minimum atomic E-state index is -0.845. The molecule has 152 valence electrons. The first-order valence-electron chi connectivity index (χ1n) is 9.61. The van der Waals surface area contributed by atoms with E-state index >= 15 is 0 Å². The number of carbonyl (C=O) groups is 2. The third-order valence-corrected chi connectivity index (χ3v) is 5.14. The molecule has 1 amide bonds. The van der Waals surface area contributed by atoms with Crippen LogP contribution >= 0.6 is 0 Å². The SMILES string of the molecule is COc1cccc(N2C(=O)C(O)=C(C(=O)CCc3ccccc3)C2c2ccco2)c1. The van der Waals surface area contributed by atoms with Crippen LogP contribution in [0.3, 0.4) is 0 Å². The predicted octanol–water partition coefficient (Wildman–Crippen LogP) is 4.39. The van der Waals surface area contributed by atoms with E-state index in [-0.39, 0.29) is 17.8 Å². The van der Waals surface area contributed by atoms with Crippen molar-refractivity contribution in [1.82, 2.24) is 0 Å². The largest absolute Gasteiger partial charge is 0.503 e. The number of furan rings is 1. The van der Waals surface area contributed by atoms with Gasteiger partial charge in [0.05, 0.1) is 18.9 Å². The van der Waals surface area contributed by atoms with E-state index < -0.39 is 17.7 Å². The van der Waals surface area contributed by atoms with Crippen LogP contribution in [0.4, 0.5) is 5.69 Å². The molecule has 1 aliphatic heterocycles. The molecule has 0 spiro atoms. The molecule has 1 aliphatic rings. The van der Waals surface area contributed by atoms with Crippen molar-refractivity contribution in [3.05, 3.63) is 95.6 Å². The molecular formula is C24H21NO5. The molecule has 6 nitrogen and oxygen atoms in total. The van der Waals surface area contributed by atoms with Gasteiger partial charge < -0.3 is 14.3 Å². The molecule has 1 N–H and O–H groups in total. The van der Waals surface area contributed by atoms with E-state index in [0.717, 1.165) is 5.56 Å². The van der Waals surface area contributed by atoms with Gasteiger partial charge in [0, 0.05) is 18.2 Å². The van der Waals surface area contributed by atoms with Gasteiger partial charge >= 0.3 is 0 Å². The molecule has 6 heteroatoms. The van der Waals surface area contributed by atoms with E-state index in [1.807, 2.05) is 30.3 Å². The average molecular weight is 403 g/mol. The van der Waals surface area contributed by atoms with Crippen molar-refractivity contribution in [2.45, 2.75) is 18.9 Å². The summed E-state index contributed by atoms with van der Waals surface area (Å²) in [5, 5.41) is 10.6. The standard InChI is InChI=1S/C24H21NO5/c1-29-18-10-5-9-17(15-18)25-22(20-11-6-14-30-20)21(23(27)24(25)28)19(26)13-12-16-7-3-2-4-8-16/h2-11,14-15,22,27H,12-13H2,1H3. The van der Waals surface area contributed by atoms with Gasteiger partial charge in [-0.05, 0) is 36.2 Å². The number of hydrogen-bond donors (Lipinski definition) is 1. The second-order valence-corrected chi connectivity index (χ2v) is 6.97. The Kier molecular flexibility index (Phi) is 5.39. The summed E-state index contributed by atoms with van der Waals surface area (Å²) in [5.41, 5.74) is 1.56. The number of aryl methyl sites for hydroxylation is 1. The molecule has 1 unspecified atom stereocenters. The number of amides is 1. The quantitative estimate of drug-likeness (QED) is 0.633. The Labute approximate surface area is 174 Å². The highest BCUT2D eigenvalue weighted by Gasteiger charge is 2.45. The van der Waals surface area contributed by atoms with E-state index in [4.69, 9.17) is 9.15 Å². The molecule has 0 aliphatic carbocycles. The van der Waals surface area contributed by atoms with Crippen LogP contribution in [0.2, 0.25) is 0 Å². The van der Waals surface area contributed by atoms with E-state index in [1.165, 1.54) is 18.3 Å². The number of ether oxygens (including phenoxy) is 1. The van der Waals surface area contributed by atoms with Crippen LogP contribution in [0.5, 0.6) is 5.75 Å². The monoisotopic (exact) mass is 403 g/mol. The van der Waals surface area contributed by atoms with Crippen molar-refractivity contribution in [2.24, 2.45) is 0 Å². The minimum Gasteiger partial charge on any atom is -0.503 e. The molecule has 1 atom stereocenters. The maximum atomic E-state index is 13.1. The van der Waals surface area contributed by atoms with Gasteiger partial charge in [-0.2, -0.15) is 0 Å². The van der Waals surface area contributed by atoms with Gasteiger partial charge in [-0.3, -0.25) is 14.5 Å². The highest BCUT2D eigenvalue weighted by molar-refractivity contribution is 6.16. The molecule has 0 saturated heterocycles. The zero-order chi connectivity index (χ0) is 21.1. The minimum absolute atomic E-state index is 0.0497. The van der Waals surface area contributed by atoms with Crippen LogP contribution in [-0.2, 0) is 16.0 Å². The van der Waals surface area contributed by atoms with Crippen molar-refractivity contribution in [1.29, 1.82) is 0 Å². The lowest BCUT2D eigenvalue weighted by atomic mass is 9.96. The Morgan fingerprint density at radius 1 is 1.10 bits per heavy atom. The van der Waals surface area contributed by atoms with Gasteiger partial charge in [0.1, 0.15) is 17.6 Å². The fourth-order valence-corrected chi connectivity index (χ4v) is 3.67. The zero-order valence-electron chi connectivity index (χ0n) is 16.4. The average Bonchev–Trinajstić information content (AvgIpc) is 3.40. The lowest BCUT2D eigenvalue weighted by Crippen LogP contribution is -2.30. The van der Waals surface area contributed by atoms with Crippen LogP contribution in [0, 0.1) is 0 Å². The Morgan fingerprint density at radius 2 is 1.90 bits per heavy atom. The van der Waals surface area contributed by atoms with Gasteiger partial charge in [0.25, 0.3) is 5.91 Å². The smallest absolute Gasteiger partial charge is 0.294 e. The molecule has 3 aromatic rings. The lowest BCUT2D eigenvalue weighted by molar-refractivity contribution is -0.118. The molecule has 4 rings (SSSR count). The van der Waals surface area contributed by atoms with Crippen LogP contribution in [0.15, 0.2) is 88.7 Å². The highest BCUT2D eigenvalue weighted by atomic mass is 16.5. The molecule has 0 fully saturated rings. The van der Waals surface area contributed by atoms with Gasteiger partial charge in [-0.25, -0.2) is 0 Å². The van der Waals surface area contributed by atoms with Gasteiger partial charge in [0.15, 0.2) is 11.5 Å². The third-order valence-electron chi connectivity index (χ3n) is 5.14. The number of benzene rings is 2. The summed E-state index contributed by atoms with van der Waals surface area (Å²) in [7, 11) is 1.53. The van der Waals surface area contributed by atoms with Crippen molar-refractivity contribution in [3.8, 4) is 5.75 Å². The highest BCUT2D eigenvalue weighted by Crippen LogP contribution is 2.42. The summed E-state index contributed by atoms with van der Waals surface area (Å²) in [6.45, 7) is 0. The number of hydrogen-bond acceptors (Lipinski definition) is 5. The predicted molar refractivity (Wildman–Crippen MR) is 111 cm³/mol. The van der Waals surface area contributed by atoms with Crippen molar-refractivity contribution in [3.63, 3.8) is 0 Å². The summed E-state index contributed by atoms with van der Waals surface area (Å²) in [6, 6.07) is 19.0. The van der Waals surface area contributed by atoms with E-state index in [1.54, 1.807) is 36.4 Å². The molecule has 0 saturated carbocycles. The lowest BCUT2D eigenvalue weighted by Gasteiger charge is -2.25. The van der Waals surface area contributed by atoms with Gasteiger partial charge in [-0.1, -0.05) is 36.4 Å². The summed E-state index contributed by atoms with van der Waals surface area (Å²) < 4.78 is 10.8. The van der Waals surface area contributed by atoms with Gasteiger partial charge in [-0.15, -0.1) is 0 Å². The fourth-order valence-electron chi connectivity index (χ4n) is 3.67. The molecule has 0 bridgehead atoms. The Morgan fingerprint density at radius 3 is 2.60 bits per heavy atom. The van der Waals surface area contributed by atoms with Crippen molar-refractivity contribution >= 4 is 17.4 Å². The first kappa shape index (κ1) is 19.5. The Balaban J connectivity index is 1.69. The summed E-state index contributed by atoms with van der Waals surface area (Å²) in [4.78, 5) is 27.5. The zero-order valence-corrected chi connectivity index (χ0v) is 16.4. The van der Waals surface area contributed by atoms with Gasteiger partial charge in [0.2, 0.25) is 0 Å². The van der Waals surface area contributed by atoms with Crippen molar-refractivity contribution < 1.29 is 23.8 Å². The van der Waals surface area contributed by atoms with Crippen molar-refractivity contribution in [2.75, 3.05) is 12.0 Å². The number of ketones is 1. The maximum absolute atomic E-state index is 13.1. The number of aliphatic hydroxyl groups excluding tert-OH is 1. The number of Topliss-reactive ketones (excluding diaryl/α,β-unsaturated/α-hetero) is 1. The molecule has 1 aromatic heterocycles. The fraction of sp³-hybridized carbons (Fsp3) is 0.167. The third kappa shape index (κ3) is 3.59. The number of aliphatic hydroxyl groups is 1. The first-order valence-corrected chi connectivity index (χ1v) is 9.61. The Bertz CT molecular complexity index is 1090. The number of nitrogens with zero attached hydrogens (tertiary/aromatic N) is 1. The summed E-state index contributed by atoms with van der Waals surface area (Å²) >= 11 is 0. The van der Waals surface area contributed by atoms with Crippen LogP contribution < -0.4 is 9.64 Å². The van der Waals surface area contributed by atoms with E-state index in [0.29, 0.717) is 23.6 Å². The maximum Gasteiger partial charge on any atom is 0.294 e.